The van der Waals surface area contributed by atoms with Gasteiger partial charge in [-0.25, -0.2) is 0 Å². The van der Waals surface area contributed by atoms with E-state index in [1.165, 1.54) is 24.9 Å². The van der Waals surface area contributed by atoms with Gasteiger partial charge in [0.1, 0.15) is 5.52 Å². The van der Waals surface area contributed by atoms with E-state index >= 15 is 0 Å². The van der Waals surface area contributed by atoms with Gasteiger partial charge in [0.05, 0.1) is 11.2 Å². The number of anilines is 1. The number of nitrogens with zero attached hydrogens (tertiary/aromatic N) is 3. The van der Waals surface area contributed by atoms with E-state index in [-0.39, 0.29) is 0 Å². The monoisotopic (exact) mass is 334 g/mol. The second-order valence-corrected chi connectivity index (χ2v) is 6.19. The quantitative estimate of drug-likeness (QED) is 0.912. The molecule has 2 heterocycles. The summed E-state index contributed by atoms with van der Waals surface area (Å²) in [5.41, 5.74) is 8.81. The fraction of sp³-hybridized carbons (Fsp3) is 0.467. The van der Waals surface area contributed by atoms with Gasteiger partial charge in [0.2, 0.25) is 0 Å². The Balaban J connectivity index is 2.00. The van der Waals surface area contributed by atoms with Crippen LogP contribution in [0.1, 0.15) is 25.7 Å². The minimum Gasteiger partial charge on any atom is -0.367 e. The first-order valence-corrected chi connectivity index (χ1v) is 7.96. The van der Waals surface area contributed by atoms with Crippen molar-refractivity contribution < 1.29 is 0 Å². The molecule has 1 saturated carbocycles. The average molecular weight is 335 g/mol. The SMILES string of the molecule is NCCCN(c1ccnc2cc(Br)cnc12)C1CCC1. The van der Waals surface area contributed by atoms with Crippen LogP contribution in [0.2, 0.25) is 0 Å². The van der Waals surface area contributed by atoms with E-state index in [0.29, 0.717) is 6.04 Å². The normalized spacial score (nSPS) is 15.3. The van der Waals surface area contributed by atoms with E-state index < -0.39 is 0 Å². The van der Waals surface area contributed by atoms with Crippen LogP contribution < -0.4 is 10.6 Å². The molecule has 2 aromatic heterocycles. The number of rotatable bonds is 5. The maximum Gasteiger partial charge on any atom is 0.112 e. The Morgan fingerprint density at radius 2 is 2.20 bits per heavy atom. The molecule has 5 heteroatoms. The van der Waals surface area contributed by atoms with Crippen LogP contribution in [0.15, 0.2) is 29.0 Å². The summed E-state index contributed by atoms with van der Waals surface area (Å²) in [6.07, 6.45) is 8.59. The third kappa shape index (κ3) is 2.65. The second-order valence-electron chi connectivity index (χ2n) is 5.27. The molecule has 4 nitrogen and oxygen atoms in total. The number of aromatic nitrogens is 2. The lowest BCUT2D eigenvalue weighted by Gasteiger charge is -2.39. The van der Waals surface area contributed by atoms with Crippen molar-refractivity contribution in [2.45, 2.75) is 31.7 Å². The topological polar surface area (TPSA) is 55.0 Å². The van der Waals surface area contributed by atoms with Crippen molar-refractivity contribution in [3.05, 3.63) is 29.0 Å². The van der Waals surface area contributed by atoms with E-state index in [0.717, 1.165) is 35.0 Å². The van der Waals surface area contributed by atoms with Gasteiger partial charge < -0.3 is 10.6 Å². The largest absolute Gasteiger partial charge is 0.367 e. The molecule has 1 fully saturated rings. The second kappa shape index (κ2) is 6.06. The minimum atomic E-state index is 0.637. The van der Waals surface area contributed by atoms with Crippen molar-refractivity contribution in [2.75, 3.05) is 18.0 Å². The molecule has 20 heavy (non-hydrogen) atoms. The number of hydrogen-bond donors (Lipinski definition) is 1. The molecular formula is C15H19BrN4. The predicted octanol–water partition coefficient (Wildman–Crippen LogP) is 3.10. The lowest BCUT2D eigenvalue weighted by molar-refractivity contribution is 0.385. The third-order valence-corrected chi connectivity index (χ3v) is 4.38. The number of pyridine rings is 2. The molecule has 0 bridgehead atoms. The summed E-state index contributed by atoms with van der Waals surface area (Å²) >= 11 is 3.46. The molecule has 2 aromatic rings. The summed E-state index contributed by atoms with van der Waals surface area (Å²) in [6.45, 7) is 1.73. The fourth-order valence-corrected chi connectivity index (χ4v) is 3.00. The standard InChI is InChI=1S/C15H19BrN4/c16-11-9-13-15(19-10-11)14(5-7-18-13)20(8-2-6-17)12-3-1-4-12/h5,7,9-10,12H,1-4,6,8,17H2. The van der Waals surface area contributed by atoms with Crippen LogP contribution in [0.25, 0.3) is 11.0 Å². The Morgan fingerprint density at radius 1 is 1.35 bits per heavy atom. The van der Waals surface area contributed by atoms with Crippen molar-refractivity contribution in [1.82, 2.24) is 9.97 Å². The summed E-state index contributed by atoms with van der Waals surface area (Å²) in [7, 11) is 0. The molecule has 1 aliphatic carbocycles. The fourth-order valence-electron chi connectivity index (χ4n) is 2.68. The highest BCUT2D eigenvalue weighted by molar-refractivity contribution is 9.10. The molecular weight excluding hydrogens is 316 g/mol. The summed E-state index contributed by atoms with van der Waals surface area (Å²) in [5, 5.41) is 0. The lowest BCUT2D eigenvalue weighted by Crippen LogP contribution is -2.41. The summed E-state index contributed by atoms with van der Waals surface area (Å²) in [6, 6.07) is 4.74. The van der Waals surface area contributed by atoms with Crippen LogP contribution >= 0.6 is 15.9 Å². The first-order valence-electron chi connectivity index (χ1n) is 7.16. The highest BCUT2D eigenvalue weighted by Gasteiger charge is 2.26. The average Bonchev–Trinajstić information content (AvgIpc) is 2.40. The van der Waals surface area contributed by atoms with E-state index in [1.54, 1.807) is 0 Å². The maximum absolute atomic E-state index is 5.69. The number of nitrogens with two attached hydrogens (primary N) is 1. The van der Waals surface area contributed by atoms with Gasteiger partial charge in [-0.2, -0.15) is 0 Å². The van der Waals surface area contributed by atoms with Crippen LogP contribution in [0.5, 0.6) is 0 Å². The molecule has 0 aliphatic heterocycles. The first kappa shape index (κ1) is 13.8. The molecule has 3 rings (SSSR count). The van der Waals surface area contributed by atoms with Crippen molar-refractivity contribution in [1.29, 1.82) is 0 Å². The Kier molecular flexibility index (Phi) is 4.17. The van der Waals surface area contributed by atoms with E-state index in [1.807, 2.05) is 18.5 Å². The molecule has 0 spiro atoms. The van der Waals surface area contributed by atoms with Crippen LogP contribution in [0.3, 0.4) is 0 Å². The smallest absolute Gasteiger partial charge is 0.112 e. The van der Waals surface area contributed by atoms with Gasteiger partial charge in [-0.1, -0.05) is 0 Å². The highest BCUT2D eigenvalue weighted by atomic mass is 79.9. The number of halogens is 1. The summed E-state index contributed by atoms with van der Waals surface area (Å²) in [4.78, 5) is 11.5. The number of hydrogen-bond acceptors (Lipinski definition) is 4. The Bertz CT molecular complexity index is 597. The zero-order valence-electron chi connectivity index (χ0n) is 11.4. The van der Waals surface area contributed by atoms with E-state index in [2.05, 4.69) is 36.9 Å². The van der Waals surface area contributed by atoms with Gasteiger partial charge in [0.25, 0.3) is 0 Å². The van der Waals surface area contributed by atoms with Gasteiger partial charge in [0, 0.05) is 29.5 Å². The molecule has 106 valence electrons. The maximum atomic E-state index is 5.69. The highest BCUT2D eigenvalue weighted by Crippen LogP contribution is 2.33. The molecule has 0 unspecified atom stereocenters. The van der Waals surface area contributed by atoms with Gasteiger partial charge in [-0.3, -0.25) is 9.97 Å². The van der Waals surface area contributed by atoms with E-state index in [4.69, 9.17) is 5.73 Å². The van der Waals surface area contributed by atoms with Crippen LogP contribution in [0, 0.1) is 0 Å². The molecule has 0 saturated heterocycles. The summed E-state index contributed by atoms with van der Waals surface area (Å²) in [5.74, 6) is 0. The van der Waals surface area contributed by atoms with Crippen LogP contribution in [0.4, 0.5) is 5.69 Å². The lowest BCUT2D eigenvalue weighted by atomic mass is 9.90. The molecule has 0 radical (unpaired) electrons. The van der Waals surface area contributed by atoms with Gasteiger partial charge in [-0.15, -0.1) is 0 Å². The van der Waals surface area contributed by atoms with Gasteiger partial charge in [0.15, 0.2) is 0 Å². The predicted molar refractivity (Wildman–Crippen MR) is 85.9 cm³/mol. The van der Waals surface area contributed by atoms with Crippen LogP contribution in [-0.2, 0) is 0 Å². The Morgan fingerprint density at radius 3 is 2.90 bits per heavy atom. The molecule has 0 aromatic carbocycles. The van der Waals surface area contributed by atoms with Gasteiger partial charge >= 0.3 is 0 Å². The number of fused-ring (bicyclic) bond motifs is 1. The molecule has 0 atom stereocenters. The zero-order valence-corrected chi connectivity index (χ0v) is 13.0. The Labute approximate surface area is 127 Å². The van der Waals surface area contributed by atoms with Crippen molar-refractivity contribution >= 4 is 32.7 Å². The Hall–Kier alpha value is -1.20. The van der Waals surface area contributed by atoms with Gasteiger partial charge in [-0.05, 0) is 60.3 Å². The minimum absolute atomic E-state index is 0.637. The zero-order chi connectivity index (χ0) is 13.9. The van der Waals surface area contributed by atoms with Crippen molar-refractivity contribution in [3.63, 3.8) is 0 Å². The molecule has 2 N–H and O–H groups in total. The first-order chi connectivity index (χ1) is 9.79. The molecule has 0 amide bonds. The van der Waals surface area contributed by atoms with Crippen molar-refractivity contribution in [2.24, 2.45) is 5.73 Å². The van der Waals surface area contributed by atoms with E-state index in [9.17, 15) is 0 Å². The third-order valence-electron chi connectivity index (χ3n) is 3.95. The van der Waals surface area contributed by atoms with Crippen molar-refractivity contribution in [3.8, 4) is 0 Å². The molecule has 1 aliphatic rings. The van der Waals surface area contributed by atoms with Crippen LogP contribution in [-0.4, -0.2) is 29.1 Å². The summed E-state index contributed by atoms with van der Waals surface area (Å²) < 4.78 is 0.965.